The van der Waals surface area contributed by atoms with E-state index in [1.54, 1.807) is 6.07 Å². The van der Waals surface area contributed by atoms with Crippen LogP contribution < -0.4 is 21.6 Å². The molecule has 12 heteroatoms. The van der Waals surface area contributed by atoms with Crippen LogP contribution >= 0.6 is 11.5 Å². The number of anilines is 1. The fourth-order valence-electron chi connectivity index (χ4n) is 4.99. The Morgan fingerprint density at radius 1 is 1.36 bits per heavy atom. The summed E-state index contributed by atoms with van der Waals surface area (Å²) in [5.74, 6) is -1.60. The minimum atomic E-state index is -0.942. The number of oxime groups is 1. The lowest BCUT2D eigenvalue weighted by Gasteiger charge is -2.21. The van der Waals surface area contributed by atoms with Crippen molar-refractivity contribution in [2.75, 3.05) is 25.1 Å². The zero-order valence-electron chi connectivity index (χ0n) is 20.1. The molecule has 0 radical (unpaired) electrons. The molecule has 1 aromatic carbocycles. The second-order valence-electron chi connectivity index (χ2n) is 9.54. The van der Waals surface area contributed by atoms with E-state index in [1.807, 2.05) is 16.4 Å². The molecule has 1 aliphatic carbocycles. The van der Waals surface area contributed by atoms with Crippen LogP contribution in [0.1, 0.15) is 38.6 Å². The molecule has 36 heavy (non-hydrogen) atoms. The number of rotatable bonds is 8. The van der Waals surface area contributed by atoms with Crippen LogP contribution in [0.15, 0.2) is 26.9 Å². The van der Waals surface area contributed by atoms with Gasteiger partial charge in [0.15, 0.2) is 0 Å². The van der Waals surface area contributed by atoms with Gasteiger partial charge in [0, 0.05) is 42.9 Å². The van der Waals surface area contributed by atoms with Crippen molar-refractivity contribution in [3.63, 3.8) is 0 Å². The van der Waals surface area contributed by atoms with Gasteiger partial charge in [-0.3, -0.25) is 18.3 Å². The van der Waals surface area contributed by atoms with Gasteiger partial charge in [-0.15, -0.1) is 0 Å². The number of aliphatic carboxylic acids is 1. The number of benzene rings is 1. The van der Waals surface area contributed by atoms with Crippen molar-refractivity contribution in [1.82, 2.24) is 8.52 Å². The van der Waals surface area contributed by atoms with Gasteiger partial charge in [0.1, 0.15) is 23.1 Å². The number of nitrogens with two attached hydrogens (primary N) is 1. The zero-order chi connectivity index (χ0) is 25.7. The number of halogens is 1. The van der Waals surface area contributed by atoms with Crippen LogP contribution in [-0.2, 0) is 16.2 Å². The zero-order valence-corrected chi connectivity index (χ0v) is 20.9. The number of carboxylic acids is 1. The lowest BCUT2D eigenvalue weighted by Crippen LogP contribution is -2.33. The number of carboxylic acid groups (broad SMARTS) is 1. The van der Waals surface area contributed by atoms with Crippen LogP contribution in [0.3, 0.4) is 0 Å². The van der Waals surface area contributed by atoms with Gasteiger partial charge in [-0.2, -0.15) is 0 Å². The Hall–Kier alpha value is -3.25. The first-order valence-electron chi connectivity index (χ1n) is 11.9. The summed E-state index contributed by atoms with van der Waals surface area (Å²) in [5, 5.41) is 13.2. The Morgan fingerprint density at radius 3 is 2.75 bits per heavy atom. The summed E-state index contributed by atoms with van der Waals surface area (Å²) in [7, 11) is 1.46. The molecule has 0 amide bonds. The number of aromatic nitrogens is 2. The first-order chi connectivity index (χ1) is 17.2. The summed E-state index contributed by atoms with van der Waals surface area (Å²) < 4.78 is 18.9. The van der Waals surface area contributed by atoms with Gasteiger partial charge >= 0.3 is 5.97 Å². The van der Waals surface area contributed by atoms with Crippen molar-refractivity contribution in [2.24, 2.45) is 16.8 Å². The summed E-state index contributed by atoms with van der Waals surface area (Å²) in [6, 6.07) is 2.83. The Morgan fingerprint density at radius 2 is 2.11 bits per heavy atom. The van der Waals surface area contributed by atoms with Gasteiger partial charge in [-0.25, -0.2) is 4.39 Å². The highest BCUT2D eigenvalue weighted by Crippen LogP contribution is 2.41. The normalized spacial score (nSPS) is 20.1. The molecule has 1 aliphatic heterocycles. The van der Waals surface area contributed by atoms with E-state index >= 15 is 4.39 Å². The topological polar surface area (TPSA) is 132 Å². The Bertz CT molecular complexity index is 1500. The second-order valence-corrected chi connectivity index (χ2v) is 10.5. The molecule has 5 rings (SSSR count). The predicted molar refractivity (Wildman–Crippen MR) is 137 cm³/mol. The van der Waals surface area contributed by atoms with E-state index in [2.05, 4.69) is 5.16 Å². The summed E-state index contributed by atoms with van der Waals surface area (Å²) in [5.41, 5.74) is 6.85. The molecular formula is C24H28FN5O5S. The first-order valence-corrected chi connectivity index (χ1v) is 12.7. The smallest absolute Gasteiger partial charge is 0.303 e. The van der Waals surface area contributed by atoms with Gasteiger partial charge in [0.05, 0.1) is 23.5 Å². The van der Waals surface area contributed by atoms with Crippen LogP contribution in [0.25, 0.3) is 21.1 Å². The van der Waals surface area contributed by atoms with E-state index in [-0.39, 0.29) is 48.2 Å². The van der Waals surface area contributed by atoms with E-state index < -0.39 is 22.8 Å². The monoisotopic (exact) mass is 517 g/mol. The average Bonchev–Trinajstić information content (AvgIpc) is 3.48. The Labute approximate surface area is 209 Å². The third kappa shape index (κ3) is 4.17. The van der Waals surface area contributed by atoms with Gasteiger partial charge in [0.2, 0.25) is 5.43 Å². The van der Waals surface area contributed by atoms with Crippen molar-refractivity contribution in [1.29, 1.82) is 0 Å². The highest BCUT2D eigenvalue weighted by molar-refractivity contribution is 7.13. The second kappa shape index (κ2) is 9.32. The van der Waals surface area contributed by atoms with Gasteiger partial charge in [-0.1, -0.05) is 5.16 Å². The molecule has 3 aromatic rings. The summed E-state index contributed by atoms with van der Waals surface area (Å²) in [6.45, 7) is 2.90. The molecule has 1 saturated heterocycles. The molecule has 2 fully saturated rings. The molecule has 0 bridgehead atoms. The first kappa shape index (κ1) is 24.4. The lowest BCUT2D eigenvalue weighted by atomic mass is 10.00. The Kier molecular flexibility index (Phi) is 6.33. The predicted octanol–water partition coefficient (Wildman–Crippen LogP) is 2.50. The number of hydrogen-bond donors (Lipinski definition) is 2. The molecule has 2 aromatic heterocycles. The molecule has 1 saturated carbocycles. The van der Waals surface area contributed by atoms with E-state index in [0.717, 1.165) is 18.6 Å². The molecule has 3 heterocycles. The summed E-state index contributed by atoms with van der Waals surface area (Å²) in [4.78, 5) is 44.8. The fourth-order valence-corrected chi connectivity index (χ4v) is 6.20. The molecule has 2 aliphatic rings. The summed E-state index contributed by atoms with van der Waals surface area (Å²) >= 11 is 1.17. The molecule has 0 spiro atoms. The number of hydrogen-bond acceptors (Lipinski definition) is 8. The maximum atomic E-state index is 15.5. The lowest BCUT2D eigenvalue weighted by molar-refractivity contribution is -0.137. The van der Waals surface area contributed by atoms with Crippen LogP contribution in [0.5, 0.6) is 0 Å². The maximum absolute atomic E-state index is 15.5. The van der Waals surface area contributed by atoms with Crippen molar-refractivity contribution in [3.8, 4) is 0 Å². The summed E-state index contributed by atoms with van der Waals surface area (Å²) in [6.07, 6.45) is 1.99. The quantitative estimate of drug-likeness (QED) is 0.439. The van der Waals surface area contributed by atoms with E-state index in [1.165, 1.54) is 28.7 Å². The van der Waals surface area contributed by atoms with Crippen LogP contribution in [0, 0.1) is 11.7 Å². The third-order valence-corrected chi connectivity index (χ3v) is 8.05. The van der Waals surface area contributed by atoms with Crippen molar-refractivity contribution in [2.45, 2.75) is 51.2 Å². The molecule has 10 nitrogen and oxygen atoms in total. The average molecular weight is 518 g/mol. The van der Waals surface area contributed by atoms with E-state index in [9.17, 15) is 14.4 Å². The number of pyridine rings is 1. The standard InChI is InChI=1S/C24H28FN5O5S/c1-12(26)15-10-28(11-17(15)27-35-2)19-9-18-14(8-16(19)25)22(33)21-23(34)29(7-3-4-20(31)32)36-24(21)30(18)13-5-6-13/h8-9,12-13,15H,3-7,10-11,26H2,1-2H3,(H,31,32)/b27-17-. The minimum absolute atomic E-state index is 0.0367. The van der Waals surface area contributed by atoms with Crippen molar-refractivity contribution < 1.29 is 19.1 Å². The van der Waals surface area contributed by atoms with Crippen LogP contribution in [0.2, 0.25) is 0 Å². The number of carbonyl (C=O) groups is 1. The number of aryl methyl sites for hydroxylation is 1. The van der Waals surface area contributed by atoms with Crippen LogP contribution in [0.4, 0.5) is 10.1 Å². The molecule has 192 valence electrons. The van der Waals surface area contributed by atoms with Crippen molar-refractivity contribution >= 4 is 50.0 Å². The molecular weight excluding hydrogens is 489 g/mol. The van der Waals surface area contributed by atoms with E-state index in [0.29, 0.717) is 29.1 Å². The number of fused-ring (bicyclic) bond motifs is 2. The maximum Gasteiger partial charge on any atom is 0.303 e. The van der Waals surface area contributed by atoms with E-state index in [4.69, 9.17) is 15.7 Å². The minimum Gasteiger partial charge on any atom is -0.481 e. The fraction of sp³-hybridized carbons (Fsp3) is 0.500. The SMILES string of the molecule is CO/N=C1/CN(c2cc3c(cc2F)c(=O)c2c(=O)n(CCCC(=O)O)sc2n3C2CC2)CC1C(C)N. The van der Waals surface area contributed by atoms with Crippen LogP contribution in [-0.4, -0.2) is 51.6 Å². The number of nitrogens with zero attached hydrogens (tertiary/aromatic N) is 4. The van der Waals surface area contributed by atoms with Gasteiger partial charge in [-0.05, 0) is 49.9 Å². The highest BCUT2D eigenvalue weighted by atomic mass is 32.1. The largest absolute Gasteiger partial charge is 0.481 e. The highest BCUT2D eigenvalue weighted by Gasteiger charge is 2.35. The van der Waals surface area contributed by atoms with Crippen molar-refractivity contribution in [3.05, 3.63) is 38.5 Å². The van der Waals surface area contributed by atoms with Gasteiger partial charge in [0.25, 0.3) is 5.56 Å². The molecule has 3 N–H and O–H groups in total. The van der Waals surface area contributed by atoms with Gasteiger partial charge < -0.3 is 25.1 Å². The molecule has 2 atom stereocenters. The Balaban J connectivity index is 1.66. The molecule has 2 unspecified atom stereocenters. The third-order valence-electron chi connectivity index (χ3n) is 6.91.